The van der Waals surface area contributed by atoms with Gasteiger partial charge in [-0.2, -0.15) is 0 Å². The highest BCUT2D eigenvalue weighted by atomic mass is 32.2. The molecule has 1 heterocycles. The van der Waals surface area contributed by atoms with Crippen LogP contribution in [0.5, 0.6) is 5.75 Å². The average molecular weight is 926 g/mol. The summed E-state index contributed by atoms with van der Waals surface area (Å²) in [6.45, 7) is 11.6. The normalized spacial score (nSPS) is 13.9. The lowest BCUT2D eigenvalue weighted by atomic mass is 9.92. The number of carbonyl (C=O) groups is 4. The lowest BCUT2D eigenvalue weighted by Crippen LogP contribution is -2.56. The van der Waals surface area contributed by atoms with E-state index in [1.165, 1.54) is 42.6 Å². The summed E-state index contributed by atoms with van der Waals surface area (Å²) in [5.74, 6) is -3.03. The zero-order chi connectivity index (χ0) is 48.1. The molecule has 350 valence electrons. The van der Waals surface area contributed by atoms with E-state index in [0.717, 1.165) is 16.8 Å². The third-order valence-electron chi connectivity index (χ3n) is 10.4. The number of aliphatic carboxylic acids is 1. The first kappa shape index (κ1) is 48.9. The Morgan fingerprint density at radius 1 is 0.879 bits per heavy atom. The van der Waals surface area contributed by atoms with Crippen LogP contribution in [0.2, 0.25) is 0 Å². The van der Waals surface area contributed by atoms with Crippen molar-refractivity contribution in [2.75, 3.05) is 17.4 Å². The number of hydrogen-bond donors (Lipinski definition) is 3. The van der Waals surface area contributed by atoms with Crippen LogP contribution in [-0.2, 0) is 42.1 Å². The van der Waals surface area contributed by atoms with E-state index in [0.29, 0.717) is 45.8 Å². The van der Waals surface area contributed by atoms with Gasteiger partial charge in [0.1, 0.15) is 29.4 Å². The van der Waals surface area contributed by atoms with Crippen molar-refractivity contribution in [3.05, 3.63) is 125 Å². The zero-order valence-corrected chi connectivity index (χ0v) is 39.1. The van der Waals surface area contributed by atoms with Crippen LogP contribution >= 0.6 is 0 Å². The fraction of sp³-hybridized carbons (Fsp3) is 0.367. The lowest BCUT2D eigenvalue weighted by molar-refractivity contribution is -0.139. The number of aromatic nitrogens is 1. The maximum absolute atomic E-state index is 15.4. The van der Waals surface area contributed by atoms with Crippen LogP contribution in [0, 0.1) is 5.82 Å². The SMILES string of the molecule is CNCc1cc(NC(=O)C[C@H](C)c2cc(C(C(=O)O)N(c3ccc4cncc(F)c4c3)N(C(=O)OC(C)(C)C)C(=O)OC(C)(C)C)ccc2OCc2ccccc2)ccc1S(=O)(=O)C1CC1. The monoisotopic (exact) mass is 925 g/mol. The molecule has 17 heteroatoms. The first-order valence-corrected chi connectivity index (χ1v) is 23.0. The van der Waals surface area contributed by atoms with E-state index >= 15 is 4.39 Å². The zero-order valence-electron chi connectivity index (χ0n) is 38.3. The quantitative estimate of drug-likeness (QED) is 0.0793. The summed E-state index contributed by atoms with van der Waals surface area (Å²) >= 11 is 0. The average Bonchev–Trinajstić information content (AvgIpc) is 4.09. The van der Waals surface area contributed by atoms with Crippen molar-refractivity contribution in [2.24, 2.45) is 0 Å². The molecule has 0 saturated heterocycles. The smallest absolute Gasteiger partial charge is 0.439 e. The third-order valence-corrected chi connectivity index (χ3v) is 12.7. The van der Waals surface area contributed by atoms with E-state index in [-0.39, 0.29) is 41.1 Å². The van der Waals surface area contributed by atoms with Gasteiger partial charge in [-0.1, -0.05) is 49.4 Å². The van der Waals surface area contributed by atoms with Crippen molar-refractivity contribution >= 4 is 56.0 Å². The number of amides is 3. The van der Waals surface area contributed by atoms with Crippen LogP contribution in [0.4, 0.5) is 25.4 Å². The number of carboxylic acids is 1. The molecule has 0 radical (unpaired) electrons. The minimum Gasteiger partial charge on any atom is -0.489 e. The van der Waals surface area contributed by atoms with E-state index in [1.54, 1.807) is 73.7 Å². The Hall–Kier alpha value is -6.59. The first-order chi connectivity index (χ1) is 31.1. The molecule has 2 atom stereocenters. The van der Waals surface area contributed by atoms with Gasteiger partial charge in [-0.05, 0) is 132 Å². The molecule has 1 aliphatic rings. The summed E-state index contributed by atoms with van der Waals surface area (Å²) in [6, 6.07) is 20.8. The highest BCUT2D eigenvalue weighted by Crippen LogP contribution is 2.39. The van der Waals surface area contributed by atoms with Crippen molar-refractivity contribution in [3.63, 3.8) is 0 Å². The number of pyridine rings is 1. The number of ether oxygens (including phenoxy) is 3. The maximum Gasteiger partial charge on any atom is 0.439 e. The first-order valence-electron chi connectivity index (χ1n) is 21.5. The number of carboxylic acid groups (broad SMARTS) is 1. The Bertz CT molecular complexity index is 2690. The fourth-order valence-corrected chi connectivity index (χ4v) is 9.17. The van der Waals surface area contributed by atoms with Gasteiger partial charge in [0.05, 0.1) is 22.0 Å². The largest absolute Gasteiger partial charge is 0.489 e. The Morgan fingerprint density at radius 2 is 1.55 bits per heavy atom. The molecule has 66 heavy (non-hydrogen) atoms. The molecule has 0 aliphatic heterocycles. The molecule has 3 amide bonds. The predicted octanol–water partition coefficient (Wildman–Crippen LogP) is 9.46. The van der Waals surface area contributed by atoms with Crippen LogP contribution in [0.25, 0.3) is 10.8 Å². The van der Waals surface area contributed by atoms with Gasteiger partial charge in [0.2, 0.25) is 5.91 Å². The molecule has 0 bridgehead atoms. The minimum absolute atomic E-state index is 0.0206. The number of rotatable bonds is 16. The molecule has 15 nitrogen and oxygen atoms in total. The van der Waals surface area contributed by atoms with Crippen molar-refractivity contribution in [2.45, 2.75) is 114 Å². The number of carbonyl (C=O) groups excluding carboxylic acids is 3. The van der Waals surface area contributed by atoms with Crippen molar-refractivity contribution in [3.8, 4) is 5.75 Å². The van der Waals surface area contributed by atoms with Gasteiger partial charge in [0, 0.05) is 35.6 Å². The van der Waals surface area contributed by atoms with Crippen LogP contribution in [0.15, 0.2) is 102 Å². The maximum atomic E-state index is 15.4. The van der Waals surface area contributed by atoms with Crippen LogP contribution in [0.1, 0.15) is 102 Å². The second-order valence-electron chi connectivity index (χ2n) is 18.2. The third kappa shape index (κ3) is 12.0. The molecule has 4 aromatic carbocycles. The van der Waals surface area contributed by atoms with E-state index < -0.39 is 68.1 Å². The number of sulfone groups is 1. The van der Waals surface area contributed by atoms with Crippen LogP contribution < -0.4 is 20.4 Å². The number of hydrogen-bond acceptors (Lipinski definition) is 12. The van der Waals surface area contributed by atoms with Crippen molar-refractivity contribution in [1.82, 2.24) is 15.3 Å². The standard InChI is InChI=1S/C49H56FN5O10S/c1-30(22-43(56)53-35-16-21-42(34(23-35)26-51-8)66(61,62)37-18-19-37)38-24-32(15-20-41(38)63-29-31-12-10-9-11-13-31)44(45(57)58)54(36-17-14-33-27-52-28-40(50)39(33)25-36)55(46(59)64-48(2,3)4)47(60)65-49(5,6)7/h9-17,20-21,23-25,27-28,30,37,44,51H,18-19,22,26,29H2,1-8H3,(H,53,56)(H,57,58)/t30-,44?/m0/s1. The predicted molar refractivity (Wildman–Crippen MR) is 247 cm³/mol. The number of fused-ring (bicyclic) bond motifs is 1. The Labute approximate surface area is 384 Å². The van der Waals surface area contributed by atoms with Gasteiger partial charge in [-0.25, -0.2) is 27.2 Å². The number of hydrazine groups is 1. The Morgan fingerprint density at radius 3 is 2.15 bits per heavy atom. The molecular formula is C49H56FN5O10S. The summed E-state index contributed by atoms with van der Waals surface area (Å²) in [6.07, 6.45) is 0.913. The number of benzene rings is 4. The number of anilines is 2. The second kappa shape index (κ2) is 19.9. The summed E-state index contributed by atoms with van der Waals surface area (Å²) in [7, 11) is -1.82. The molecule has 1 saturated carbocycles. The Kier molecular flexibility index (Phi) is 14.7. The van der Waals surface area contributed by atoms with Crippen LogP contribution in [0.3, 0.4) is 0 Å². The molecule has 1 aromatic heterocycles. The van der Waals surface area contributed by atoms with Gasteiger partial charge in [0.25, 0.3) is 0 Å². The van der Waals surface area contributed by atoms with Gasteiger partial charge in [0.15, 0.2) is 15.9 Å². The summed E-state index contributed by atoms with van der Waals surface area (Å²) in [5.41, 5.74) is -0.263. The minimum atomic E-state index is -3.52. The van der Waals surface area contributed by atoms with Gasteiger partial charge in [-0.15, -0.1) is 5.01 Å². The molecule has 6 rings (SSSR count). The number of halogens is 1. The molecule has 3 N–H and O–H groups in total. The molecule has 1 fully saturated rings. The van der Waals surface area contributed by atoms with Crippen molar-refractivity contribution < 1.29 is 51.3 Å². The summed E-state index contributed by atoms with van der Waals surface area (Å²) in [5, 5.41) is 18.4. The topological polar surface area (TPSA) is 194 Å². The number of nitrogens with zero attached hydrogens (tertiary/aromatic N) is 3. The second-order valence-corrected chi connectivity index (χ2v) is 20.4. The highest BCUT2D eigenvalue weighted by Gasteiger charge is 2.43. The van der Waals surface area contributed by atoms with E-state index in [2.05, 4.69) is 15.6 Å². The Balaban J connectivity index is 1.45. The fourth-order valence-electron chi connectivity index (χ4n) is 7.30. The number of imide groups is 1. The molecule has 1 aliphatic carbocycles. The van der Waals surface area contributed by atoms with Gasteiger partial charge in [-0.3, -0.25) is 14.8 Å². The summed E-state index contributed by atoms with van der Waals surface area (Å²) < 4.78 is 59.5. The summed E-state index contributed by atoms with van der Waals surface area (Å²) in [4.78, 5) is 60.3. The molecular weight excluding hydrogens is 870 g/mol. The number of nitrogens with one attached hydrogen (secondary N) is 2. The molecule has 0 spiro atoms. The van der Waals surface area contributed by atoms with E-state index in [4.69, 9.17) is 14.2 Å². The van der Waals surface area contributed by atoms with E-state index in [1.807, 2.05) is 30.3 Å². The molecule has 5 aromatic rings. The molecule has 1 unspecified atom stereocenters. The highest BCUT2D eigenvalue weighted by molar-refractivity contribution is 7.92. The van der Waals surface area contributed by atoms with Crippen LogP contribution in [-0.4, -0.2) is 71.1 Å². The lowest BCUT2D eigenvalue weighted by Gasteiger charge is -2.39. The van der Waals surface area contributed by atoms with Gasteiger partial charge >= 0.3 is 18.2 Å². The van der Waals surface area contributed by atoms with Crippen molar-refractivity contribution in [1.29, 1.82) is 0 Å². The van der Waals surface area contributed by atoms with Gasteiger partial charge < -0.3 is 30.0 Å². The van der Waals surface area contributed by atoms with E-state index in [9.17, 15) is 32.7 Å².